The lowest BCUT2D eigenvalue weighted by Crippen LogP contribution is -3.00. The van der Waals surface area contributed by atoms with Crippen LogP contribution >= 0.6 is 0 Å². The zero-order chi connectivity index (χ0) is 15.1. The van der Waals surface area contributed by atoms with Crippen molar-refractivity contribution in [1.29, 1.82) is 0 Å². The van der Waals surface area contributed by atoms with E-state index in [1.165, 1.54) is 88.4 Å². The Hall–Kier alpha value is 0.210. The maximum atomic E-state index is 9.06. The van der Waals surface area contributed by atoms with E-state index >= 15 is 0 Å². The van der Waals surface area contributed by atoms with Gasteiger partial charge < -0.3 is 22.0 Å². The average molecular weight is 322 g/mol. The van der Waals surface area contributed by atoms with Gasteiger partial charge in [0, 0.05) is 6.61 Å². The molecule has 0 aromatic rings. The predicted octanol–water partition coefficient (Wildman–Crippen LogP) is 1.76. The van der Waals surface area contributed by atoms with E-state index in [9.17, 15) is 0 Å². The van der Waals surface area contributed by atoms with Crippen molar-refractivity contribution >= 4 is 0 Å². The van der Waals surface area contributed by atoms with Crippen LogP contribution in [0.2, 0.25) is 0 Å². The molecule has 0 unspecified atom stereocenters. The fourth-order valence-corrected chi connectivity index (χ4v) is 3.12. The van der Waals surface area contributed by atoms with Gasteiger partial charge in [-0.05, 0) is 44.9 Å². The third kappa shape index (κ3) is 12.4. The molecule has 0 heterocycles. The Labute approximate surface area is 140 Å². The molecule has 130 valence electrons. The molecule has 0 bridgehead atoms. The normalized spacial score (nSPS) is 11.4. The second-order valence-corrected chi connectivity index (χ2v) is 6.43. The smallest absolute Gasteiger partial charge is 0.0787 e. The van der Waals surface area contributed by atoms with Gasteiger partial charge in [0.1, 0.15) is 0 Å². The largest absolute Gasteiger partial charge is 1.00 e. The van der Waals surface area contributed by atoms with Crippen LogP contribution in [0, 0.1) is 0 Å². The van der Waals surface area contributed by atoms with E-state index in [1.54, 1.807) is 0 Å². The first-order chi connectivity index (χ1) is 9.74. The van der Waals surface area contributed by atoms with Gasteiger partial charge >= 0.3 is 0 Å². The highest BCUT2D eigenvalue weighted by molar-refractivity contribution is 4.51. The lowest BCUT2D eigenvalue weighted by Gasteiger charge is -2.39. The summed E-state index contributed by atoms with van der Waals surface area (Å²) in [7, 11) is 0. The number of unbranched alkanes of at least 4 members (excludes halogenated alkanes) is 6. The van der Waals surface area contributed by atoms with E-state index < -0.39 is 0 Å². The monoisotopic (exact) mass is 321 g/mol. The zero-order valence-corrected chi connectivity index (χ0v) is 15.6. The van der Waals surface area contributed by atoms with Crippen LogP contribution in [0.4, 0.5) is 0 Å². The summed E-state index contributed by atoms with van der Waals surface area (Å²) in [5.74, 6) is 0. The predicted molar refractivity (Wildman–Crippen MR) is 90.0 cm³/mol. The summed E-state index contributed by atoms with van der Waals surface area (Å²) in [5.41, 5.74) is 0. The standard InChI is InChI=1S/C18H40NO.ClH/c1-4-7-10-15-19(14-9-6-3,16-11-8-5-2)17-12-13-18-20;/h20H,4-18H2,1-3H3;1H/q+1;/p-1. The van der Waals surface area contributed by atoms with Gasteiger partial charge in [0.2, 0.25) is 0 Å². The minimum atomic E-state index is 0. The van der Waals surface area contributed by atoms with Crippen LogP contribution in [0.15, 0.2) is 0 Å². The molecule has 21 heavy (non-hydrogen) atoms. The van der Waals surface area contributed by atoms with Gasteiger partial charge in [-0.3, -0.25) is 0 Å². The van der Waals surface area contributed by atoms with Gasteiger partial charge in [0.25, 0.3) is 0 Å². The van der Waals surface area contributed by atoms with Gasteiger partial charge in [-0.15, -0.1) is 0 Å². The molecule has 0 rings (SSSR count). The molecular weight excluding hydrogens is 282 g/mol. The molecule has 0 aliphatic carbocycles. The fourth-order valence-electron chi connectivity index (χ4n) is 3.12. The molecule has 1 N–H and O–H groups in total. The molecule has 0 aromatic carbocycles. The Morgan fingerprint density at radius 1 is 0.571 bits per heavy atom. The Morgan fingerprint density at radius 2 is 0.952 bits per heavy atom. The van der Waals surface area contributed by atoms with Gasteiger partial charge in [-0.25, -0.2) is 0 Å². The summed E-state index contributed by atoms with van der Waals surface area (Å²) >= 11 is 0. The van der Waals surface area contributed by atoms with Gasteiger partial charge in [0.05, 0.1) is 26.2 Å². The summed E-state index contributed by atoms with van der Waals surface area (Å²) in [6, 6.07) is 0. The molecule has 0 aliphatic rings. The maximum absolute atomic E-state index is 9.06. The van der Waals surface area contributed by atoms with E-state index in [0.717, 1.165) is 6.42 Å². The van der Waals surface area contributed by atoms with Gasteiger partial charge in [-0.1, -0.05) is 40.0 Å². The van der Waals surface area contributed by atoms with Crippen molar-refractivity contribution in [2.75, 3.05) is 32.8 Å². The number of hydrogen-bond acceptors (Lipinski definition) is 1. The third-order valence-corrected chi connectivity index (χ3v) is 4.50. The van der Waals surface area contributed by atoms with Crippen LogP contribution in [0.5, 0.6) is 0 Å². The highest BCUT2D eigenvalue weighted by Gasteiger charge is 2.25. The van der Waals surface area contributed by atoms with Crippen LogP contribution < -0.4 is 12.4 Å². The number of halogens is 1. The van der Waals surface area contributed by atoms with Crippen LogP contribution in [-0.4, -0.2) is 42.4 Å². The molecule has 0 aliphatic heterocycles. The van der Waals surface area contributed by atoms with E-state index in [1.807, 2.05) is 0 Å². The lowest BCUT2D eigenvalue weighted by atomic mass is 10.1. The van der Waals surface area contributed by atoms with Crippen molar-refractivity contribution in [2.45, 2.75) is 85.0 Å². The maximum Gasteiger partial charge on any atom is 0.0787 e. The molecule has 0 fully saturated rings. The second kappa shape index (κ2) is 16.6. The first-order valence-electron chi connectivity index (χ1n) is 9.20. The number of quaternary nitrogens is 1. The van der Waals surface area contributed by atoms with E-state index in [0.29, 0.717) is 6.61 Å². The summed E-state index contributed by atoms with van der Waals surface area (Å²) in [6.07, 6.45) is 13.0. The Morgan fingerprint density at radius 3 is 1.33 bits per heavy atom. The Balaban J connectivity index is 0. The first kappa shape index (κ1) is 23.5. The van der Waals surface area contributed by atoms with E-state index in [-0.39, 0.29) is 12.4 Å². The first-order valence-corrected chi connectivity index (χ1v) is 9.20. The summed E-state index contributed by atoms with van der Waals surface area (Å²) in [6.45, 7) is 12.6. The topological polar surface area (TPSA) is 20.2 Å². The summed E-state index contributed by atoms with van der Waals surface area (Å²) in [5, 5.41) is 9.06. The number of aliphatic hydroxyl groups excluding tert-OH is 1. The summed E-state index contributed by atoms with van der Waals surface area (Å²) in [4.78, 5) is 0. The molecule has 0 radical (unpaired) electrons. The minimum absolute atomic E-state index is 0. The number of rotatable bonds is 15. The molecule has 0 amide bonds. The van der Waals surface area contributed by atoms with Crippen LogP contribution in [0.3, 0.4) is 0 Å². The van der Waals surface area contributed by atoms with Crippen molar-refractivity contribution in [3.05, 3.63) is 0 Å². The molecular formula is C18H40ClNO. The lowest BCUT2D eigenvalue weighted by molar-refractivity contribution is -0.929. The number of aliphatic hydroxyl groups is 1. The van der Waals surface area contributed by atoms with Crippen molar-refractivity contribution < 1.29 is 22.0 Å². The van der Waals surface area contributed by atoms with Gasteiger partial charge in [0.15, 0.2) is 0 Å². The SMILES string of the molecule is CCCCC[N+](CCCC)(CCCCC)CCCCO.[Cl-]. The van der Waals surface area contributed by atoms with E-state index in [4.69, 9.17) is 5.11 Å². The average Bonchev–Trinajstić information content (AvgIpc) is 2.46. The Bertz CT molecular complexity index is 173. The zero-order valence-electron chi connectivity index (χ0n) is 14.9. The van der Waals surface area contributed by atoms with E-state index in [2.05, 4.69) is 20.8 Å². The van der Waals surface area contributed by atoms with Crippen molar-refractivity contribution in [3.8, 4) is 0 Å². The number of nitrogens with zero attached hydrogens (tertiary/aromatic N) is 1. The van der Waals surface area contributed by atoms with Crippen LogP contribution in [0.25, 0.3) is 0 Å². The second-order valence-electron chi connectivity index (χ2n) is 6.43. The quantitative estimate of drug-likeness (QED) is 0.360. The fraction of sp³-hybridized carbons (Fsp3) is 1.00. The van der Waals surface area contributed by atoms with Gasteiger partial charge in [-0.2, -0.15) is 0 Å². The molecule has 3 heteroatoms. The molecule has 0 saturated carbocycles. The third-order valence-electron chi connectivity index (χ3n) is 4.50. The molecule has 0 saturated heterocycles. The molecule has 2 nitrogen and oxygen atoms in total. The molecule has 0 spiro atoms. The van der Waals surface area contributed by atoms with Crippen LogP contribution in [0.1, 0.15) is 85.0 Å². The highest BCUT2D eigenvalue weighted by Crippen LogP contribution is 2.17. The highest BCUT2D eigenvalue weighted by atomic mass is 35.5. The van der Waals surface area contributed by atoms with Crippen LogP contribution in [-0.2, 0) is 0 Å². The molecule has 0 aromatic heterocycles. The van der Waals surface area contributed by atoms with Crippen molar-refractivity contribution in [2.24, 2.45) is 0 Å². The Kier molecular flexibility index (Phi) is 18.5. The minimum Gasteiger partial charge on any atom is -1.00 e. The molecule has 0 atom stereocenters. The van der Waals surface area contributed by atoms with Crippen molar-refractivity contribution in [1.82, 2.24) is 0 Å². The van der Waals surface area contributed by atoms with Crippen molar-refractivity contribution in [3.63, 3.8) is 0 Å². The number of hydrogen-bond donors (Lipinski definition) is 1. The summed E-state index contributed by atoms with van der Waals surface area (Å²) < 4.78 is 1.33.